The Hall–Kier alpha value is -6.10. The topological polar surface area (TPSA) is 504 Å². The summed E-state index contributed by atoms with van der Waals surface area (Å²) >= 11 is 0. The molecule has 26 atom stereocenters. The molecule has 0 aromatic rings. The molecule has 6 heterocycles. The van der Waals surface area contributed by atoms with E-state index in [4.69, 9.17) is 71.1 Å². The van der Waals surface area contributed by atoms with Gasteiger partial charge in [0.2, 0.25) is 18.9 Å². The number of methoxy groups -OCH3 is 3. The molecule has 34 nitrogen and oxygen atoms in total. The number of carbonyl (C=O) groups excluding carboxylic acids is 6. The van der Waals surface area contributed by atoms with Crippen molar-refractivity contribution in [3.8, 4) is 0 Å². The predicted molar refractivity (Wildman–Crippen MR) is 308 cm³/mol. The molecule has 534 valence electrons. The van der Waals surface area contributed by atoms with Crippen LogP contribution in [-0.4, -0.2) is 280 Å². The van der Waals surface area contributed by atoms with Crippen LogP contribution >= 0.6 is 0 Å². The van der Waals surface area contributed by atoms with Gasteiger partial charge in [0, 0.05) is 46.3 Å². The maximum Gasteiger partial charge on any atom is 0.337 e. The summed E-state index contributed by atoms with van der Waals surface area (Å²) in [7, 11) is 3.20. The van der Waals surface area contributed by atoms with Gasteiger partial charge in [0.25, 0.3) is 0 Å². The maximum atomic E-state index is 14.3. The summed E-state index contributed by atoms with van der Waals surface area (Å²) in [5, 5.41) is 136. The molecule has 1 saturated carbocycles. The second-order valence-electron chi connectivity index (χ2n) is 23.5. The van der Waals surface area contributed by atoms with Gasteiger partial charge in [-0.15, -0.1) is 0 Å². The van der Waals surface area contributed by atoms with Crippen molar-refractivity contribution >= 4 is 35.8 Å². The quantitative estimate of drug-likeness (QED) is 0.0232. The summed E-state index contributed by atoms with van der Waals surface area (Å²) in [5.41, 5.74) is -0.354. The first-order valence-corrected chi connectivity index (χ1v) is 30.6. The second kappa shape index (κ2) is 34.4. The van der Waals surface area contributed by atoms with Crippen molar-refractivity contribution < 1.29 is 166 Å². The SMILES string of the molecule is C/C=C1/[C@@H](O[C@H]2O[C@@H](CO)[C@H](O)[C@@H](O)[C@@H]2O)OC=C(C(=O)OC)[C@H]1CC(=O)OCC(COC(=O)C[C@H]1C(C(=O)OC)=CO[C@@H](O[C@H]2O[C@@H](CO)[C@H](O)[C@@H](O)[C@@H]2O)/C1=C/C)[C@@H]1C[C@@H](O)[C@H](C)[C@H]1COC(=O)C[C@@H]1C(C(=O)OC)=CO[C@H](O[C@@H]2O[C@H](CO)[C@@H](O)[C@H](O)[C@H]2O)/C1=C/C. The van der Waals surface area contributed by atoms with Crippen LogP contribution in [0.4, 0.5) is 0 Å². The Bertz CT molecular complexity index is 2730. The summed E-state index contributed by atoms with van der Waals surface area (Å²) in [6, 6.07) is 0. The highest BCUT2D eigenvalue weighted by Gasteiger charge is 2.52. The highest BCUT2D eigenvalue weighted by atomic mass is 16.8. The Morgan fingerprint density at radius 1 is 0.474 bits per heavy atom. The lowest BCUT2D eigenvalue weighted by atomic mass is 9.82. The fourth-order valence-electron chi connectivity index (χ4n) is 12.5. The van der Waals surface area contributed by atoms with E-state index in [0.717, 1.165) is 40.1 Å². The van der Waals surface area contributed by atoms with Gasteiger partial charge in [-0.1, -0.05) is 25.2 Å². The van der Waals surface area contributed by atoms with Crippen LogP contribution in [0.2, 0.25) is 0 Å². The zero-order chi connectivity index (χ0) is 69.9. The molecule has 6 aliphatic heterocycles. The van der Waals surface area contributed by atoms with Gasteiger partial charge in [0.15, 0.2) is 18.9 Å². The number of esters is 6. The van der Waals surface area contributed by atoms with E-state index < -0.39 is 253 Å². The molecular formula is C61H86O34. The van der Waals surface area contributed by atoms with Crippen molar-refractivity contribution in [1.29, 1.82) is 0 Å². The van der Waals surface area contributed by atoms with E-state index in [9.17, 15) is 95.2 Å². The molecule has 34 heteroatoms. The summed E-state index contributed by atoms with van der Waals surface area (Å²) in [6.45, 7) is 2.12. The van der Waals surface area contributed by atoms with Gasteiger partial charge in [0.1, 0.15) is 73.2 Å². The third kappa shape index (κ3) is 17.3. The number of aliphatic hydroxyl groups excluding tert-OH is 13. The average Bonchev–Trinajstić information content (AvgIpc) is 1.51. The Kier molecular flexibility index (Phi) is 27.6. The number of ether oxygens (including phenoxy) is 15. The van der Waals surface area contributed by atoms with Gasteiger partial charge in [0.05, 0.1) is 122 Å². The van der Waals surface area contributed by atoms with Gasteiger partial charge in [-0.05, 0) is 39.0 Å². The monoisotopic (exact) mass is 1360 g/mol. The summed E-state index contributed by atoms with van der Waals surface area (Å²) in [4.78, 5) is 82.6. The molecule has 7 rings (SSSR count). The molecule has 0 aromatic heterocycles. The molecule has 1 unspecified atom stereocenters. The standard InChI is InChI=1S/C61H86O34/c1-8-26-30(34(53(78)81-5)21-87-56(26)93-59-50(75)47(72)44(69)38(15-62)90-59)12-41(66)84-18-25(19-85-42(67)13-31-27(9-2)57(88-22-35(31)54(79)82-6)94-60-51(76)48(73)45(70)39(16-63)91-60)29-11-37(65)24(4)33(29)20-86-43(68)14-32-28(10-3)58(89-23-36(32)55(80)83-7)95-61-52(77)49(74)46(71)40(17-64)92-61/h8-10,21-25,29-33,37-40,44-52,56-65,69-77H,11-20H2,1-7H3/b26-8+,27-9+,28-10+/t24-,25?,29+,30-,31+,32+,33-,37-,38+,39+,40-,44+,45+,46-,47-,48-,49+,50+,51+,52-,56+,57-,58-,59-,60-,61+/m1/s1. The minimum atomic E-state index is -1.89. The van der Waals surface area contributed by atoms with Crippen molar-refractivity contribution in [2.75, 3.05) is 61.0 Å². The first-order valence-electron chi connectivity index (χ1n) is 30.6. The molecule has 1 aliphatic carbocycles. The van der Waals surface area contributed by atoms with Crippen LogP contribution in [0.3, 0.4) is 0 Å². The van der Waals surface area contributed by atoms with E-state index in [0.29, 0.717) is 0 Å². The normalized spacial score (nSPS) is 38.8. The minimum absolute atomic E-state index is 0.0741. The molecule has 95 heavy (non-hydrogen) atoms. The molecule has 0 spiro atoms. The van der Waals surface area contributed by atoms with Crippen LogP contribution < -0.4 is 0 Å². The highest BCUT2D eigenvalue weighted by Crippen LogP contribution is 2.45. The number of rotatable bonds is 25. The Balaban J connectivity index is 1.14. The van der Waals surface area contributed by atoms with Gasteiger partial charge in [-0.3, -0.25) is 14.4 Å². The van der Waals surface area contributed by atoms with E-state index in [-0.39, 0.29) is 39.9 Å². The van der Waals surface area contributed by atoms with Crippen molar-refractivity contribution in [3.05, 3.63) is 70.5 Å². The zero-order valence-electron chi connectivity index (χ0n) is 52.9. The van der Waals surface area contributed by atoms with E-state index >= 15 is 0 Å². The Morgan fingerprint density at radius 2 is 0.779 bits per heavy atom. The molecule has 4 fully saturated rings. The van der Waals surface area contributed by atoms with Gasteiger partial charge < -0.3 is 137 Å². The second-order valence-corrected chi connectivity index (χ2v) is 23.5. The average molecular weight is 1360 g/mol. The van der Waals surface area contributed by atoms with E-state index in [1.807, 2.05) is 0 Å². The number of hydrogen-bond acceptors (Lipinski definition) is 34. The Labute approximate surface area is 543 Å². The zero-order valence-corrected chi connectivity index (χ0v) is 52.9. The predicted octanol–water partition coefficient (Wildman–Crippen LogP) is -4.59. The molecular weight excluding hydrogens is 1280 g/mol. The molecule has 0 bridgehead atoms. The number of aliphatic hydroxyl groups is 13. The number of allylic oxidation sites excluding steroid dienone is 3. The molecule has 7 aliphatic rings. The summed E-state index contributed by atoms with van der Waals surface area (Å²) in [6.07, 6.45) is -26.3. The van der Waals surface area contributed by atoms with Crippen LogP contribution in [0.15, 0.2) is 70.5 Å². The molecule has 0 aromatic carbocycles. The minimum Gasteiger partial charge on any atom is -0.468 e. The number of hydrogen-bond donors (Lipinski definition) is 13. The van der Waals surface area contributed by atoms with Crippen LogP contribution in [0.5, 0.6) is 0 Å². The molecule has 3 saturated heterocycles. The lowest BCUT2D eigenvalue weighted by Crippen LogP contribution is -2.60. The van der Waals surface area contributed by atoms with E-state index in [1.165, 1.54) is 39.0 Å². The van der Waals surface area contributed by atoms with Crippen molar-refractivity contribution in [2.24, 2.45) is 41.4 Å². The van der Waals surface area contributed by atoms with Gasteiger partial charge >= 0.3 is 35.8 Å². The van der Waals surface area contributed by atoms with Crippen molar-refractivity contribution in [2.45, 2.75) is 170 Å². The molecule has 13 N–H and O–H groups in total. The number of carbonyl (C=O) groups is 6. The van der Waals surface area contributed by atoms with E-state index in [2.05, 4.69) is 0 Å². The first-order chi connectivity index (χ1) is 45.3. The lowest BCUT2D eigenvalue weighted by molar-refractivity contribution is -0.327. The van der Waals surface area contributed by atoms with Gasteiger partial charge in [-0.25, -0.2) is 14.4 Å². The molecule has 0 amide bonds. The fourth-order valence-corrected chi connectivity index (χ4v) is 12.5. The smallest absolute Gasteiger partial charge is 0.337 e. The maximum absolute atomic E-state index is 14.3. The summed E-state index contributed by atoms with van der Waals surface area (Å²) in [5.74, 6) is -12.9. The third-order valence-corrected chi connectivity index (χ3v) is 18.1. The molecule has 0 radical (unpaired) electrons. The lowest BCUT2D eigenvalue weighted by Gasteiger charge is -2.42. The Morgan fingerprint density at radius 3 is 1.06 bits per heavy atom. The van der Waals surface area contributed by atoms with Gasteiger partial charge in [-0.2, -0.15) is 0 Å². The fraction of sp³-hybridized carbons (Fsp3) is 0.705. The van der Waals surface area contributed by atoms with Crippen LogP contribution in [0.25, 0.3) is 0 Å². The van der Waals surface area contributed by atoms with Crippen LogP contribution in [0, 0.1) is 41.4 Å². The van der Waals surface area contributed by atoms with Crippen LogP contribution in [-0.2, 0) is 99.8 Å². The third-order valence-electron chi connectivity index (χ3n) is 18.1. The van der Waals surface area contributed by atoms with Crippen molar-refractivity contribution in [3.63, 3.8) is 0 Å². The van der Waals surface area contributed by atoms with E-state index in [1.54, 1.807) is 6.92 Å². The summed E-state index contributed by atoms with van der Waals surface area (Å²) < 4.78 is 84.1. The van der Waals surface area contributed by atoms with Crippen molar-refractivity contribution in [1.82, 2.24) is 0 Å². The van der Waals surface area contributed by atoms with Crippen LogP contribution in [0.1, 0.15) is 53.4 Å². The highest BCUT2D eigenvalue weighted by molar-refractivity contribution is 5.92. The first kappa shape index (κ1) is 76.3. The largest absolute Gasteiger partial charge is 0.468 e.